The second-order valence-electron chi connectivity index (χ2n) is 4.97. The Kier molecular flexibility index (Phi) is 6.13. The van der Waals surface area contributed by atoms with Gasteiger partial charge in [-0.15, -0.1) is 0 Å². The number of carbonyl (C=O) groups is 1. The maximum Gasteiger partial charge on any atom is 0.335 e. The molecule has 0 aliphatic carbocycles. The summed E-state index contributed by atoms with van der Waals surface area (Å²) in [7, 11) is 0. The first-order chi connectivity index (χ1) is 11.0. The first kappa shape index (κ1) is 17.4. The number of ether oxygens (including phenoxy) is 1. The molecule has 4 nitrogen and oxygen atoms in total. The Balaban J connectivity index is 2.04. The van der Waals surface area contributed by atoms with Gasteiger partial charge in [-0.3, -0.25) is 0 Å². The molecule has 0 aliphatic heterocycles. The van der Waals surface area contributed by atoms with Gasteiger partial charge in [0.1, 0.15) is 0 Å². The van der Waals surface area contributed by atoms with Gasteiger partial charge >= 0.3 is 5.97 Å². The Bertz CT molecular complexity index is 664. The Hall–Kier alpha value is -1.91. The Morgan fingerprint density at radius 3 is 2.30 bits per heavy atom. The van der Waals surface area contributed by atoms with E-state index in [1.54, 1.807) is 36.4 Å². The van der Waals surface area contributed by atoms with Gasteiger partial charge in [0.25, 0.3) is 0 Å². The molecule has 2 N–H and O–H groups in total. The topological polar surface area (TPSA) is 58.6 Å². The fourth-order valence-corrected chi connectivity index (χ4v) is 2.63. The van der Waals surface area contributed by atoms with Crippen LogP contribution in [0.25, 0.3) is 0 Å². The van der Waals surface area contributed by atoms with Gasteiger partial charge in [-0.2, -0.15) is 0 Å². The molecule has 2 aromatic carbocycles. The molecule has 0 radical (unpaired) electrons. The predicted molar refractivity (Wildman–Crippen MR) is 93.0 cm³/mol. The second-order valence-corrected chi connectivity index (χ2v) is 5.79. The zero-order chi connectivity index (χ0) is 16.8. The fraction of sp³-hybridized carbons (Fsp3) is 0.235. The van der Waals surface area contributed by atoms with Crippen LogP contribution in [-0.2, 0) is 6.54 Å². The molecule has 0 aromatic heterocycles. The van der Waals surface area contributed by atoms with Crippen LogP contribution in [0.2, 0.25) is 10.0 Å². The fourth-order valence-electron chi connectivity index (χ4n) is 1.99. The Morgan fingerprint density at radius 2 is 1.78 bits per heavy atom. The lowest BCUT2D eigenvalue weighted by molar-refractivity contribution is 0.0697. The maximum atomic E-state index is 10.8. The molecule has 0 bridgehead atoms. The van der Waals surface area contributed by atoms with Crippen LogP contribution in [0.4, 0.5) is 5.69 Å². The molecule has 0 saturated carbocycles. The molecule has 0 unspecified atom stereocenters. The van der Waals surface area contributed by atoms with Gasteiger partial charge in [0, 0.05) is 12.2 Å². The quantitative estimate of drug-likeness (QED) is 0.727. The number of nitrogens with one attached hydrogen (secondary N) is 1. The first-order valence-electron chi connectivity index (χ1n) is 7.19. The highest BCUT2D eigenvalue weighted by Crippen LogP contribution is 2.34. The minimum Gasteiger partial charge on any atom is -0.490 e. The van der Waals surface area contributed by atoms with Gasteiger partial charge in [-0.25, -0.2) is 4.79 Å². The van der Waals surface area contributed by atoms with Gasteiger partial charge in [-0.1, -0.05) is 30.1 Å². The van der Waals surface area contributed by atoms with Gasteiger partial charge in [-0.05, 0) is 48.4 Å². The molecule has 2 rings (SSSR count). The molecule has 23 heavy (non-hydrogen) atoms. The number of halogens is 2. The highest BCUT2D eigenvalue weighted by Gasteiger charge is 2.10. The van der Waals surface area contributed by atoms with Gasteiger partial charge in [0.05, 0.1) is 22.2 Å². The zero-order valence-electron chi connectivity index (χ0n) is 12.6. The van der Waals surface area contributed by atoms with Crippen LogP contribution in [0.1, 0.15) is 29.3 Å². The second kappa shape index (κ2) is 8.09. The van der Waals surface area contributed by atoms with Crippen molar-refractivity contribution < 1.29 is 14.6 Å². The zero-order valence-corrected chi connectivity index (χ0v) is 14.1. The monoisotopic (exact) mass is 353 g/mol. The van der Waals surface area contributed by atoms with Crippen molar-refractivity contribution in [3.63, 3.8) is 0 Å². The predicted octanol–water partition coefficient (Wildman–Crippen LogP) is 5.09. The number of rotatable bonds is 7. The standard InChI is InChI=1S/C17H17Cl2NO3/c1-2-7-23-16-14(18)8-11(9-15(16)19)10-20-13-5-3-12(4-6-13)17(21)22/h3-6,8-9,20H,2,7,10H2,1H3,(H,21,22). The summed E-state index contributed by atoms with van der Waals surface area (Å²) in [6.45, 7) is 3.09. The minimum absolute atomic E-state index is 0.249. The smallest absolute Gasteiger partial charge is 0.335 e. The number of carboxylic acids is 1. The van der Waals surface area contributed by atoms with Gasteiger partial charge < -0.3 is 15.2 Å². The number of carboxylic acid groups (broad SMARTS) is 1. The normalized spacial score (nSPS) is 10.4. The van der Waals surface area contributed by atoms with E-state index in [9.17, 15) is 4.79 Å². The summed E-state index contributed by atoms with van der Waals surface area (Å²) in [6.07, 6.45) is 0.877. The van der Waals surface area contributed by atoms with Crippen LogP contribution in [0, 0.1) is 0 Å². The van der Waals surface area contributed by atoms with E-state index in [1.165, 1.54) is 0 Å². The van der Waals surface area contributed by atoms with E-state index in [1.807, 2.05) is 6.92 Å². The molecular weight excluding hydrogens is 337 g/mol. The average Bonchev–Trinajstić information content (AvgIpc) is 2.52. The maximum absolute atomic E-state index is 10.8. The van der Waals surface area contributed by atoms with Crippen molar-refractivity contribution in [2.75, 3.05) is 11.9 Å². The molecule has 6 heteroatoms. The summed E-state index contributed by atoms with van der Waals surface area (Å²) in [4.78, 5) is 10.8. The summed E-state index contributed by atoms with van der Waals surface area (Å²) < 4.78 is 5.53. The number of anilines is 1. The Labute approximate surface area is 145 Å². The van der Waals surface area contributed by atoms with Crippen molar-refractivity contribution in [1.29, 1.82) is 0 Å². The van der Waals surface area contributed by atoms with Gasteiger partial charge in [0.2, 0.25) is 0 Å². The lowest BCUT2D eigenvalue weighted by Gasteiger charge is -2.12. The van der Waals surface area contributed by atoms with Crippen molar-refractivity contribution in [3.8, 4) is 5.75 Å². The highest BCUT2D eigenvalue weighted by atomic mass is 35.5. The molecule has 0 amide bonds. The largest absolute Gasteiger partial charge is 0.490 e. The van der Waals surface area contributed by atoms with E-state index >= 15 is 0 Å². The van der Waals surface area contributed by atoms with Crippen LogP contribution in [0.3, 0.4) is 0 Å². The lowest BCUT2D eigenvalue weighted by atomic mass is 10.2. The van der Waals surface area contributed by atoms with E-state index in [4.69, 9.17) is 33.0 Å². The van der Waals surface area contributed by atoms with Crippen molar-refractivity contribution in [1.82, 2.24) is 0 Å². The number of hydrogen-bond donors (Lipinski definition) is 2. The molecule has 0 spiro atoms. The van der Waals surface area contributed by atoms with Crippen molar-refractivity contribution in [2.45, 2.75) is 19.9 Å². The molecule has 0 saturated heterocycles. The number of aromatic carboxylic acids is 1. The van der Waals surface area contributed by atoms with Crippen molar-refractivity contribution in [3.05, 3.63) is 57.6 Å². The Morgan fingerprint density at radius 1 is 1.17 bits per heavy atom. The van der Waals surface area contributed by atoms with E-state index in [0.29, 0.717) is 28.9 Å². The minimum atomic E-state index is -0.946. The summed E-state index contributed by atoms with van der Waals surface area (Å²) in [6, 6.07) is 10.1. The van der Waals surface area contributed by atoms with E-state index in [0.717, 1.165) is 17.7 Å². The van der Waals surface area contributed by atoms with Crippen LogP contribution in [0.15, 0.2) is 36.4 Å². The van der Waals surface area contributed by atoms with E-state index in [-0.39, 0.29) is 5.56 Å². The van der Waals surface area contributed by atoms with E-state index < -0.39 is 5.97 Å². The summed E-state index contributed by atoms with van der Waals surface area (Å²) in [5, 5.41) is 13.0. The van der Waals surface area contributed by atoms with Crippen LogP contribution in [0.5, 0.6) is 5.75 Å². The first-order valence-corrected chi connectivity index (χ1v) is 7.94. The summed E-state index contributed by atoms with van der Waals surface area (Å²) in [5.41, 5.74) is 1.97. The molecule has 2 aromatic rings. The SMILES string of the molecule is CCCOc1c(Cl)cc(CNc2ccc(C(=O)O)cc2)cc1Cl. The third-order valence-electron chi connectivity index (χ3n) is 3.14. The number of hydrogen-bond acceptors (Lipinski definition) is 3. The summed E-state index contributed by atoms with van der Waals surface area (Å²) >= 11 is 12.4. The lowest BCUT2D eigenvalue weighted by Crippen LogP contribution is -2.02. The highest BCUT2D eigenvalue weighted by molar-refractivity contribution is 6.37. The molecular formula is C17H17Cl2NO3. The number of benzene rings is 2. The molecule has 0 aliphatic rings. The molecule has 0 atom stereocenters. The van der Waals surface area contributed by atoms with Crippen LogP contribution < -0.4 is 10.1 Å². The molecule has 122 valence electrons. The van der Waals surface area contributed by atoms with Crippen LogP contribution >= 0.6 is 23.2 Å². The molecule has 0 fully saturated rings. The molecule has 0 heterocycles. The van der Waals surface area contributed by atoms with Gasteiger partial charge in [0.15, 0.2) is 5.75 Å². The third-order valence-corrected chi connectivity index (χ3v) is 3.70. The van der Waals surface area contributed by atoms with Crippen LogP contribution in [-0.4, -0.2) is 17.7 Å². The van der Waals surface area contributed by atoms with E-state index in [2.05, 4.69) is 5.32 Å². The van der Waals surface area contributed by atoms with Crippen molar-refractivity contribution >= 4 is 34.9 Å². The van der Waals surface area contributed by atoms with Crippen molar-refractivity contribution in [2.24, 2.45) is 0 Å². The third kappa shape index (κ3) is 4.78. The summed E-state index contributed by atoms with van der Waals surface area (Å²) in [5.74, 6) is -0.442. The average molecular weight is 354 g/mol.